The maximum atomic E-state index is 12.4. The number of aryl methyl sites for hydroxylation is 1. The molecule has 134 valence electrons. The number of carbonyl (C=O) groups is 2. The summed E-state index contributed by atoms with van der Waals surface area (Å²) in [6.45, 7) is 1.32. The van der Waals surface area contributed by atoms with Gasteiger partial charge in [0.05, 0.1) is 10.9 Å². The summed E-state index contributed by atoms with van der Waals surface area (Å²) in [4.78, 5) is 23.3. The van der Waals surface area contributed by atoms with E-state index in [-0.39, 0.29) is 10.8 Å². The molecule has 0 unspecified atom stereocenters. The minimum Gasteiger partial charge on any atom is -0.366 e. The van der Waals surface area contributed by atoms with Gasteiger partial charge in [-0.25, -0.2) is 8.42 Å². The first-order valence-corrected chi connectivity index (χ1v) is 9.66. The van der Waals surface area contributed by atoms with Gasteiger partial charge in [-0.1, -0.05) is 11.6 Å². The number of likely N-dealkylation sites (N-methyl/N-ethyl adjacent to an activating group) is 1. The molecule has 2 aromatic rings. The van der Waals surface area contributed by atoms with Crippen LogP contribution in [0.5, 0.6) is 0 Å². The predicted molar refractivity (Wildman–Crippen MR) is 97.5 cm³/mol. The number of nitrogens with two attached hydrogens (primary N) is 1. The summed E-state index contributed by atoms with van der Waals surface area (Å²) in [5, 5.41) is 2.59. The summed E-state index contributed by atoms with van der Waals surface area (Å²) in [6, 6.07) is 7.49. The van der Waals surface area contributed by atoms with E-state index in [9.17, 15) is 18.0 Å². The molecule has 0 radical (unpaired) electrons. The van der Waals surface area contributed by atoms with Gasteiger partial charge in [0, 0.05) is 18.3 Å². The van der Waals surface area contributed by atoms with Crippen LogP contribution in [-0.4, -0.2) is 38.1 Å². The van der Waals surface area contributed by atoms with E-state index in [1.807, 2.05) is 0 Å². The monoisotopic (exact) mass is 401 g/mol. The van der Waals surface area contributed by atoms with Gasteiger partial charge in [0.2, 0.25) is 11.8 Å². The quantitative estimate of drug-likeness (QED) is 0.771. The average molecular weight is 402 g/mol. The molecule has 1 aromatic carbocycles. The van der Waals surface area contributed by atoms with Crippen LogP contribution < -0.4 is 11.1 Å². The van der Waals surface area contributed by atoms with Gasteiger partial charge < -0.3 is 11.1 Å². The zero-order valence-electron chi connectivity index (χ0n) is 13.4. The van der Waals surface area contributed by atoms with E-state index in [4.69, 9.17) is 17.3 Å². The number of thiophene rings is 1. The smallest absolute Gasteiger partial charge is 0.252 e. The second kappa shape index (κ2) is 7.52. The highest BCUT2D eigenvalue weighted by atomic mass is 35.5. The normalized spacial score (nSPS) is 11.5. The molecule has 0 aliphatic carbocycles. The lowest BCUT2D eigenvalue weighted by Gasteiger charge is -2.16. The Kier molecular flexibility index (Phi) is 5.83. The van der Waals surface area contributed by atoms with E-state index in [0.717, 1.165) is 15.6 Å². The third kappa shape index (κ3) is 4.57. The SMILES string of the molecule is Cc1cc(NC(=O)CN(C)S(=O)(=O)c2ccc(Cl)s2)ccc1C(N)=O. The van der Waals surface area contributed by atoms with Crippen molar-refractivity contribution in [2.24, 2.45) is 5.73 Å². The average Bonchev–Trinajstić information content (AvgIpc) is 2.94. The molecule has 0 saturated heterocycles. The fourth-order valence-corrected chi connectivity index (χ4v) is 4.92. The Morgan fingerprint density at radius 3 is 2.48 bits per heavy atom. The van der Waals surface area contributed by atoms with E-state index in [1.165, 1.54) is 31.3 Å². The number of primary amides is 1. The largest absolute Gasteiger partial charge is 0.366 e. The van der Waals surface area contributed by atoms with Gasteiger partial charge in [0.25, 0.3) is 10.0 Å². The van der Waals surface area contributed by atoms with E-state index < -0.39 is 21.8 Å². The molecule has 10 heteroatoms. The molecule has 25 heavy (non-hydrogen) atoms. The molecule has 0 spiro atoms. The number of hydrogen-bond donors (Lipinski definition) is 2. The second-order valence-corrected chi connectivity index (χ2v) is 9.25. The molecule has 2 rings (SSSR count). The lowest BCUT2D eigenvalue weighted by atomic mass is 10.1. The molecule has 0 fully saturated rings. The van der Waals surface area contributed by atoms with Crippen molar-refractivity contribution < 1.29 is 18.0 Å². The van der Waals surface area contributed by atoms with Crippen LogP contribution in [0.1, 0.15) is 15.9 Å². The number of benzene rings is 1. The Morgan fingerprint density at radius 1 is 1.28 bits per heavy atom. The molecule has 2 amide bonds. The van der Waals surface area contributed by atoms with Crippen molar-refractivity contribution in [2.45, 2.75) is 11.1 Å². The highest BCUT2D eigenvalue weighted by Crippen LogP contribution is 2.27. The summed E-state index contributed by atoms with van der Waals surface area (Å²) in [7, 11) is -2.48. The van der Waals surface area contributed by atoms with Crippen LogP contribution in [0.2, 0.25) is 4.34 Å². The summed E-state index contributed by atoms with van der Waals surface area (Å²) >= 11 is 6.68. The third-order valence-electron chi connectivity index (χ3n) is 3.35. The standard InChI is InChI=1S/C15H16ClN3O4S2/c1-9-7-10(3-4-11(9)15(17)21)18-13(20)8-19(2)25(22,23)14-6-5-12(16)24-14/h3-7H,8H2,1-2H3,(H2,17,21)(H,18,20). The van der Waals surface area contributed by atoms with Crippen LogP contribution >= 0.6 is 22.9 Å². The lowest BCUT2D eigenvalue weighted by molar-refractivity contribution is -0.116. The first-order chi connectivity index (χ1) is 11.6. The first kappa shape index (κ1) is 19.4. The van der Waals surface area contributed by atoms with Crippen LogP contribution in [0.15, 0.2) is 34.5 Å². The number of hydrogen-bond acceptors (Lipinski definition) is 5. The maximum Gasteiger partial charge on any atom is 0.252 e. The zero-order chi connectivity index (χ0) is 18.8. The maximum absolute atomic E-state index is 12.4. The van der Waals surface area contributed by atoms with Crippen LogP contribution in [0.4, 0.5) is 5.69 Å². The lowest BCUT2D eigenvalue weighted by Crippen LogP contribution is -2.34. The highest BCUT2D eigenvalue weighted by Gasteiger charge is 2.24. The van der Waals surface area contributed by atoms with Gasteiger partial charge in [0.1, 0.15) is 4.21 Å². The fraction of sp³-hybridized carbons (Fsp3) is 0.200. The van der Waals surface area contributed by atoms with Gasteiger partial charge in [-0.3, -0.25) is 9.59 Å². The van der Waals surface area contributed by atoms with Crippen LogP contribution in [0, 0.1) is 6.92 Å². The summed E-state index contributed by atoms with van der Waals surface area (Å²) in [6.07, 6.45) is 0. The molecule has 0 bridgehead atoms. The van der Waals surface area contributed by atoms with Crippen molar-refractivity contribution in [1.82, 2.24) is 4.31 Å². The number of anilines is 1. The van der Waals surface area contributed by atoms with Crippen molar-refractivity contribution in [3.63, 3.8) is 0 Å². The summed E-state index contributed by atoms with van der Waals surface area (Å²) in [5.74, 6) is -1.07. The van der Waals surface area contributed by atoms with Crippen LogP contribution in [-0.2, 0) is 14.8 Å². The molecule has 0 saturated carbocycles. The van der Waals surface area contributed by atoms with Crippen molar-refractivity contribution in [3.8, 4) is 0 Å². The van der Waals surface area contributed by atoms with Crippen molar-refractivity contribution in [1.29, 1.82) is 0 Å². The minimum absolute atomic E-state index is 0.0643. The Hall–Kier alpha value is -1.94. The third-order valence-corrected chi connectivity index (χ3v) is 6.86. The number of halogens is 1. The molecule has 0 atom stereocenters. The molecule has 1 heterocycles. The van der Waals surface area contributed by atoms with Gasteiger partial charge >= 0.3 is 0 Å². The number of sulfonamides is 1. The molecule has 3 N–H and O–H groups in total. The number of amides is 2. The van der Waals surface area contributed by atoms with E-state index in [2.05, 4.69) is 5.32 Å². The van der Waals surface area contributed by atoms with E-state index >= 15 is 0 Å². The molecule has 0 aliphatic rings. The number of carbonyl (C=O) groups excluding carboxylic acids is 2. The van der Waals surface area contributed by atoms with Crippen LogP contribution in [0.25, 0.3) is 0 Å². The van der Waals surface area contributed by atoms with Gasteiger partial charge in [-0.05, 0) is 42.8 Å². The predicted octanol–water partition coefficient (Wildman–Crippen LogP) is 2.07. The molecule has 1 aromatic heterocycles. The van der Waals surface area contributed by atoms with Crippen LogP contribution in [0.3, 0.4) is 0 Å². The molecule has 7 nitrogen and oxygen atoms in total. The van der Waals surface area contributed by atoms with Gasteiger partial charge in [-0.2, -0.15) is 4.31 Å². The highest BCUT2D eigenvalue weighted by molar-refractivity contribution is 7.91. The van der Waals surface area contributed by atoms with Crippen molar-refractivity contribution in [3.05, 3.63) is 45.8 Å². The number of nitrogens with one attached hydrogen (secondary N) is 1. The first-order valence-electron chi connectivity index (χ1n) is 7.03. The Balaban J connectivity index is 2.07. The van der Waals surface area contributed by atoms with Gasteiger partial charge in [0.15, 0.2) is 0 Å². The Bertz CT molecular complexity index is 925. The summed E-state index contributed by atoms with van der Waals surface area (Å²) < 4.78 is 26.1. The van der Waals surface area contributed by atoms with E-state index in [1.54, 1.807) is 13.0 Å². The number of nitrogens with zero attached hydrogens (tertiary/aromatic N) is 1. The molecular weight excluding hydrogens is 386 g/mol. The topological polar surface area (TPSA) is 110 Å². The van der Waals surface area contributed by atoms with E-state index in [0.29, 0.717) is 21.2 Å². The second-order valence-electron chi connectivity index (χ2n) is 5.26. The Labute approximate surface area is 154 Å². The van der Waals surface area contributed by atoms with Crippen molar-refractivity contribution in [2.75, 3.05) is 18.9 Å². The minimum atomic E-state index is -3.79. The Morgan fingerprint density at radius 2 is 1.96 bits per heavy atom. The van der Waals surface area contributed by atoms with Gasteiger partial charge in [-0.15, -0.1) is 11.3 Å². The fourth-order valence-electron chi connectivity index (χ4n) is 2.10. The van der Waals surface area contributed by atoms with Crippen molar-refractivity contribution >= 4 is 50.5 Å². The number of rotatable bonds is 6. The molecular formula is C15H16ClN3O4S2. The molecule has 0 aliphatic heterocycles. The zero-order valence-corrected chi connectivity index (χ0v) is 15.8. The summed E-state index contributed by atoms with van der Waals surface area (Å²) in [5.41, 5.74) is 6.64.